The normalized spacial score (nSPS) is 21.2. The summed E-state index contributed by atoms with van der Waals surface area (Å²) in [6.07, 6.45) is 8.75. The summed E-state index contributed by atoms with van der Waals surface area (Å²) >= 11 is 0. The molecular weight excluding hydrogens is 308 g/mol. The lowest BCUT2D eigenvalue weighted by Crippen LogP contribution is -2.50. The smallest absolute Gasteiger partial charge is 0.246 e. The van der Waals surface area contributed by atoms with Crippen molar-refractivity contribution in [1.82, 2.24) is 19.6 Å². The van der Waals surface area contributed by atoms with Crippen LogP contribution in [0.3, 0.4) is 0 Å². The SMILES string of the molecule is CN(C)C(=O)CCC1(O)CCCN(C(=O)/C=C/c2cnn(C)c2)C1. The highest BCUT2D eigenvalue weighted by atomic mass is 16.3. The first kappa shape index (κ1) is 18.2. The molecule has 1 atom stereocenters. The summed E-state index contributed by atoms with van der Waals surface area (Å²) in [5.41, 5.74) is -0.128. The van der Waals surface area contributed by atoms with Crippen molar-refractivity contribution in [3.05, 3.63) is 24.0 Å². The predicted molar refractivity (Wildman–Crippen MR) is 90.9 cm³/mol. The maximum Gasteiger partial charge on any atom is 0.246 e. The van der Waals surface area contributed by atoms with E-state index in [0.717, 1.165) is 12.0 Å². The molecular formula is C17H26N4O3. The van der Waals surface area contributed by atoms with E-state index in [9.17, 15) is 14.7 Å². The summed E-state index contributed by atoms with van der Waals surface area (Å²) < 4.78 is 1.67. The van der Waals surface area contributed by atoms with Gasteiger partial charge in [0.1, 0.15) is 0 Å². The molecule has 1 unspecified atom stereocenters. The number of aryl methyl sites for hydroxylation is 1. The van der Waals surface area contributed by atoms with E-state index in [4.69, 9.17) is 0 Å². The third-order valence-corrected chi connectivity index (χ3v) is 4.31. The van der Waals surface area contributed by atoms with Crippen molar-refractivity contribution >= 4 is 17.9 Å². The predicted octanol–water partition coefficient (Wildman–Crippen LogP) is 0.655. The van der Waals surface area contributed by atoms with Crippen LogP contribution in [0.5, 0.6) is 0 Å². The maximum atomic E-state index is 12.3. The molecule has 1 aliphatic rings. The Labute approximate surface area is 142 Å². The van der Waals surface area contributed by atoms with Crippen molar-refractivity contribution < 1.29 is 14.7 Å². The minimum Gasteiger partial charge on any atom is -0.388 e. The summed E-state index contributed by atoms with van der Waals surface area (Å²) in [5, 5.41) is 14.8. The van der Waals surface area contributed by atoms with Crippen LogP contribution in [0, 0.1) is 0 Å². The van der Waals surface area contributed by atoms with Gasteiger partial charge in [0.15, 0.2) is 0 Å². The van der Waals surface area contributed by atoms with Crippen LogP contribution < -0.4 is 0 Å². The van der Waals surface area contributed by atoms with E-state index in [1.807, 2.05) is 13.2 Å². The molecule has 0 spiro atoms. The monoisotopic (exact) mass is 334 g/mol. The molecule has 0 aliphatic carbocycles. The van der Waals surface area contributed by atoms with Gasteiger partial charge in [0.05, 0.1) is 11.8 Å². The van der Waals surface area contributed by atoms with Gasteiger partial charge in [-0.05, 0) is 25.3 Å². The lowest BCUT2D eigenvalue weighted by Gasteiger charge is -2.39. The van der Waals surface area contributed by atoms with Crippen LogP contribution in [0.4, 0.5) is 0 Å². The standard InChI is InChI=1S/C17H26N4O3/c1-19(2)15(22)7-9-17(24)8-4-10-21(13-17)16(23)6-5-14-11-18-20(3)12-14/h5-6,11-12,24H,4,7-10,13H2,1-3H3/b6-5+. The average Bonchev–Trinajstić information content (AvgIpc) is 2.95. The van der Waals surface area contributed by atoms with Crippen molar-refractivity contribution in [2.75, 3.05) is 27.2 Å². The number of piperidine rings is 1. The minimum absolute atomic E-state index is 0.0108. The second-order valence-electron chi connectivity index (χ2n) is 6.66. The van der Waals surface area contributed by atoms with E-state index in [1.165, 1.54) is 11.0 Å². The second kappa shape index (κ2) is 7.61. The topological polar surface area (TPSA) is 78.7 Å². The van der Waals surface area contributed by atoms with Crippen LogP contribution >= 0.6 is 0 Å². The van der Waals surface area contributed by atoms with Gasteiger partial charge < -0.3 is 14.9 Å². The molecule has 0 bridgehead atoms. The number of rotatable bonds is 5. The van der Waals surface area contributed by atoms with Gasteiger partial charge in [0, 0.05) is 58.5 Å². The van der Waals surface area contributed by atoms with Gasteiger partial charge in [-0.1, -0.05) is 0 Å². The number of hydrogen-bond donors (Lipinski definition) is 1. The average molecular weight is 334 g/mol. The molecule has 2 heterocycles. The largest absolute Gasteiger partial charge is 0.388 e. The summed E-state index contributed by atoms with van der Waals surface area (Å²) in [6, 6.07) is 0. The Kier molecular flexibility index (Phi) is 5.77. The molecule has 1 aromatic heterocycles. The van der Waals surface area contributed by atoms with E-state index < -0.39 is 5.60 Å². The van der Waals surface area contributed by atoms with E-state index >= 15 is 0 Å². The quantitative estimate of drug-likeness (QED) is 0.802. The highest BCUT2D eigenvalue weighted by molar-refractivity contribution is 5.91. The summed E-state index contributed by atoms with van der Waals surface area (Å²) in [7, 11) is 5.22. The molecule has 2 rings (SSSR count). The highest BCUT2D eigenvalue weighted by Gasteiger charge is 2.35. The Morgan fingerprint density at radius 1 is 1.46 bits per heavy atom. The zero-order valence-electron chi connectivity index (χ0n) is 14.6. The van der Waals surface area contributed by atoms with Gasteiger partial charge in [-0.3, -0.25) is 14.3 Å². The molecule has 132 valence electrons. The first-order chi connectivity index (χ1) is 11.3. The van der Waals surface area contributed by atoms with Crippen LogP contribution in [0.2, 0.25) is 0 Å². The Balaban J connectivity index is 1.92. The Morgan fingerprint density at radius 2 is 2.21 bits per heavy atom. The van der Waals surface area contributed by atoms with E-state index in [2.05, 4.69) is 5.10 Å². The summed E-state index contributed by atoms with van der Waals surface area (Å²) in [4.78, 5) is 27.2. The van der Waals surface area contributed by atoms with Crippen LogP contribution in [-0.2, 0) is 16.6 Å². The van der Waals surface area contributed by atoms with Gasteiger partial charge in [0.2, 0.25) is 11.8 Å². The zero-order valence-corrected chi connectivity index (χ0v) is 14.6. The summed E-state index contributed by atoms with van der Waals surface area (Å²) in [5.74, 6) is -0.140. The third-order valence-electron chi connectivity index (χ3n) is 4.31. The molecule has 1 aromatic rings. The van der Waals surface area contributed by atoms with E-state index in [-0.39, 0.29) is 24.8 Å². The molecule has 0 saturated carbocycles. The van der Waals surface area contributed by atoms with Crippen LogP contribution in [0.25, 0.3) is 6.08 Å². The number of aliphatic hydroxyl groups is 1. The fourth-order valence-electron chi connectivity index (χ4n) is 2.87. The van der Waals surface area contributed by atoms with Crippen LogP contribution in [0.1, 0.15) is 31.2 Å². The molecule has 1 N–H and O–H groups in total. The fourth-order valence-corrected chi connectivity index (χ4v) is 2.87. The number of β-amino-alcohol motifs (C(OH)–C–C–N with tert-alkyl or cyclic N) is 1. The maximum absolute atomic E-state index is 12.3. The highest BCUT2D eigenvalue weighted by Crippen LogP contribution is 2.26. The number of likely N-dealkylation sites (tertiary alicyclic amines) is 1. The lowest BCUT2D eigenvalue weighted by molar-refractivity contribution is -0.135. The molecule has 0 aromatic carbocycles. The first-order valence-corrected chi connectivity index (χ1v) is 8.17. The molecule has 7 nitrogen and oxygen atoms in total. The number of carbonyl (C=O) groups excluding carboxylic acids is 2. The number of amides is 2. The molecule has 0 radical (unpaired) electrons. The minimum atomic E-state index is -0.984. The van der Waals surface area contributed by atoms with Crippen molar-refractivity contribution in [1.29, 1.82) is 0 Å². The Morgan fingerprint density at radius 3 is 2.83 bits per heavy atom. The molecule has 7 heteroatoms. The van der Waals surface area contributed by atoms with Gasteiger partial charge in [0.25, 0.3) is 0 Å². The van der Waals surface area contributed by atoms with Crippen LogP contribution in [-0.4, -0.2) is 69.3 Å². The summed E-state index contributed by atoms with van der Waals surface area (Å²) in [6.45, 7) is 0.893. The van der Waals surface area contributed by atoms with E-state index in [1.54, 1.807) is 35.9 Å². The number of nitrogens with zero attached hydrogens (tertiary/aromatic N) is 4. The number of aromatic nitrogens is 2. The Hall–Kier alpha value is -2.15. The second-order valence-corrected chi connectivity index (χ2v) is 6.66. The van der Waals surface area contributed by atoms with Crippen molar-refractivity contribution in [3.8, 4) is 0 Å². The van der Waals surface area contributed by atoms with Crippen molar-refractivity contribution in [2.45, 2.75) is 31.3 Å². The van der Waals surface area contributed by atoms with Crippen molar-refractivity contribution in [2.24, 2.45) is 7.05 Å². The molecule has 2 amide bonds. The van der Waals surface area contributed by atoms with Gasteiger partial charge >= 0.3 is 0 Å². The molecule has 24 heavy (non-hydrogen) atoms. The third kappa shape index (κ3) is 4.92. The van der Waals surface area contributed by atoms with Gasteiger partial charge in [-0.2, -0.15) is 5.10 Å². The number of carbonyl (C=O) groups is 2. The molecule has 1 saturated heterocycles. The fraction of sp³-hybridized carbons (Fsp3) is 0.588. The van der Waals surface area contributed by atoms with E-state index in [0.29, 0.717) is 19.4 Å². The lowest BCUT2D eigenvalue weighted by atomic mass is 9.88. The Bertz CT molecular complexity index is 623. The molecule has 1 aliphatic heterocycles. The number of hydrogen-bond acceptors (Lipinski definition) is 4. The van der Waals surface area contributed by atoms with Crippen LogP contribution in [0.15, 0.2) is 18.5 Å². The van der Waals surface area contributed by atoms with Crippen molar-refractivity contribution in [3.63, 3.8) is 0 Å². The zero-order chi connectivity index (χ0) is 17.7. The van der Waals surface area contributed by atoms with Gasteiger partial charge in [-0.15, -0.1) is 0 Å². The van der Waals surface area contributed by atoms with Gasteiger partial charge in [-0.25, -0.2) is 0 Å². The first-order valence-electron chi connectivity index (χ1n) is 8.17. The molecule has 1 fully saturated rings.